The minimum Gasteiger partial charge on any atom is -0.508 e. The van der Waals surface area contributed by atoms with E-state index < -0.39 is 11.8 Å². The molecule has 0 saturated carbocycles. The summed E-state index contributed by atoms with van der Waals surface area (Å²) in [5.41, 5.74) is 2.53. The van der Waals surface area contributed by atoms with Crippen LogP contribution in [0.5, 0.6) is 11.5 Å². The van der Waals surface area contributed by atoms with Crippen LogP contribution in [0, 0.1) is 0 Å². The Morgan fingerprint density at radius 1 is 0.972 bits per heavy atom. The number of hydrogen-bond acceptors (Lipinski definition) is 5. The molecule has 3 heterocycles. The number of methoxy groups -OCH3 is 1. The SMILES string of the molecule is COc1ccc(-c2c3c(=O)n(C)c(=O)n(C)c3c3n2CCO[C@H]3c2c(O)ccc3ccccc23)cc1. The number of nitrogens with zero attached hydrogens (tertiary/aromatic N) is 3. The van der Waals surface area contributed by atoms with Gasteiger partial charge in [0.2, 0.25) is 0 Å². The summed E-state index contributed by atoms with van der Waals surface area (Å²) in [6, 6.07) is 18.8. The van der Waals surface area contributed by atoms with E-state index in [2.05, 4.69) is 4.57 Å². The van der Waals surface area contributed by atoms with E-state index in [1.54, 1.807) is 20.2 Å². The van der Waals surface area contributed by atoms with Gasteiger partial charge in [0.15, 0.2) is 0 Å². The van der Waals surface area contributed by atoms with Crippen LogP contribution in [0.25, 0.3) is 32.9 Å². The highest BCUT2D eigenvalue weighted by molar-refractivity contribution is 5.97. The number of aromatic nitrogens is 3. The minimum atomic E-state index is -0.683. The average molecular weight is 484 g/mol. The number of phenolic OH excluding ortho intramolecular Hbond substituents is 1. The molecule has 0 saturated heterocycles. The lowest BCUT2D eigenvalue weighted by molar-refractivity contribution is 0.0474. The lowest BCUT2D eigenvalue weighted by atomic mass is 9.96. The van der Waals surface area contributed by atoms with Crippen molar-refractivity contribution in [3.63, 3.8) is 0 Å². The molecule has 3 aromatic carbocycles. The van der Waals surface area contributed by atoms with Crippen molar-refractivity contribution in [2.24, 2.45) is 14.1 Å². The molecule has 0 spiro atoms. The van der Waals surface area contributed by atoms with Crippen LogP contribution in [0.3, 0.4) is 0 Å². The van der Waals surface area contributed by atoms with Crippen molar-refractivity contribution >= 4 is 21.7 Å². The van der Waals surface area contributed by atoms with E-state index in [9.17, 15) is 14.7 Å². The van der Waals surface area contributed by atoms with Gasteiger partial charge in [0, 0.05) is 26.2 Å². The molecule has 2 aromatic heterocycles. The molecule has 182 valence electrons. The largest absolute Gasteiger partial charge is 0.508 e. The standard InChI is InChI=1S/C28H25N3O5/c1-29-24-22(27(33)30(2)28(29)34)23(17-8-11-18(35-3)12-9-17)31-14-15-36-26(25(24)31)21-19-7-5-4-6-16(19)10-13-20(21)32/h4-13,26,32H,14-15H2,1-3H3/t26-/m0/s1. The second kappa shape index (κ2) is 8.13. The van der Waals surface area contributed by atoms with Crippen molar-refractivity contribution in [1.82, 2.24) is 13.7 Å². The quantitative estimate of drug-likeness (QED) is 0.423. The van der Waals surface area contributed by atoms with Crippen LogP contribution >= 0.6 is 0 Å². The summed E-state index contributed by atoms with van der Waals surface area (Å²) >= 11 is 0. The zero-order valence-electron chi connectivity index (χ0n) is 20.2. The van der Waals surface area contributed by atoms with Crippen molar-refractivity contribution in [2.45, 2.75) is 12.6 Å². The Balaban J connectivity index is 1.76. The van der Waals surface area contributed by atoms with Crippen molar-refractivity contribution in [2.75, 3.05) is 13.7 Å². The molecule has 1 aliphatic heterocycles. The second-order valence-corrected chi connectivity index (χ2v) is 9.01. The lowest BCUT2D eigenvalue weighted by Gasteiger charge is -2.29. The van der Waals surface area contributed by atoms with Gasteiger partial charge in [0.25, 0.3) is 5.56 Å². The van der Waals surface area contributed by atoms with E-state index >= 15 is 0 Å². The summed E-state index contributed by atoms with van der Waals surface area (Å²) in [5.74, 6) is 0.803. The predicted octanol–water partition coefficient (Wildman–Crippen LogP) is 3.69. The first-order valence-corrected chi connectivity index (χ1v) is 11.7. The molecule has 0 unspecified atom stereocenters. The van der Waals surface area contributed by atoms with Gasteiger partial charge in [0.1, 0.15) is 17.6 Å². The molecule has 1 N–H and O–H groups in total. The molecular formula is C28H25N3O5. The number of phenols is 1. The number of aryl methyl sites for hydroxylation is 1. The Bertz CT molecular complexity index is 1780. The first kappa shape index (κ1) is 22.2. The highest BCUT2D eigenvalue weighted by atomic mass is 16.5. The first-order valence-electron chi connectivity index (χ1n) is 11.7. The fourth-order valence-electron chi connectivity index (χ4n) is 5.41. The molecule has 8 heteroatoms. The maximum Gasteiger partial charge on any atom is 0.331 e. The lowest BCUT2D eigenvalue weighted by Crippen LogP contribution is -2.37. The van der Waals surface area contributed by atoms with Gasteiger partial charge in [-0.2, -0.15) is 0 Å². The Kier molecular flexibility index (Phi) is 5.01. The Hall–Kier alpha value is -4.30. The summed E-state index contributed by atoms with van der Waals surface area (Å²) in [4.78, 5) is 26.6. The number of hydrogen-bond donors (Lipinski definition) is 1. The molecule has 1 atom stereocenters. The van der Waals surface area contributed by atoms with Gasteiger partial charge in [0.05, 0.1) is 36.0 Å². The van der Waals surface area contributed by atoms with Crippen LogP contribution in [0.4, 0.5) is 0 Å². The van der Waals surface area contributed by atoms with Crippen LogP contribution in [-0.2, 0) is 25.4 Å². The molecule has 6 rings (SSSR count). The topological polar surface area (TPSA) is 87.6 Å². The summed E-state index contributed by atoms with van der Waals surface area (Å²) in [6.45, 7) is 0.865. The van der Waals surface area contributed by atoms with Crippen LogP contribution < -0.4 is 16.0 Å². The second-order valence-electron chi connectivity index (χ2n) is 9.01. The first-order chi connectivity index (χ1) is 17.4. The van der Waals surface area contributed by atoms with Crippen LogP contribution in [0.1, 0.15) is 17.4 Å². The third kappa shape index (κ3) is 3.04. The number of aromatic hydroxyl groups is 1. The fourth-order valence-corrected chi connectivity index (χ4v) is 5.41. The Labute approximate surface area is 206 Å². The van der Waals surface area contributed by atoms with Gasteiger partial charge >= 0.3 is 5.69 Å². The van der Waals surface area contributed by atoms with Crippen molar-refractivity contribution < 1.29 is 14.6 Å². The molecule has 8 nitrogen and oxygen atoms in total. The maximum atomic E-state index is 13.6. The number of rotatable bonds is 3. The minimum absolute atomic E-state index is 0.0985. The average Bonchev–Trinajstić information content (AvgIpc) is 3.26. The van der Waals surface area contributed by atoms with Gasteiger partial charge in [-0.05, 0) is 46.7 Å². The van der Waals surface area contributed by atoms with E-state index in [1.807, 2.05) is 54.6 Å². The summed E-state index contributed by atoms with van der Waals surface area (Å²) in [5, 5.41) is 13.3. The summed E-state index contributed by atoms with van der Waals surface area (Å²) < 4.78 is 16.3. The van der Waals surface area contributed by atoms with E-state index in [-0.39, 0.29) is 11.3 Å². The molecule has 0 bridgehead atoms. The molecular weight excluding hydrogens is 458 g/mol. The van der Waals surface area contributed by atoms with Crippen molar-refractivity contribution in [3.8, 4) is 22.8 Å². The van der Waals surface area contributed by atoms with Gasteiger partial charge in [-0.15, -0.1) is 0 Å². The molecule has 0 fully saturated rings. The molecule has 5 aromatic rings. The number of benzene rings is 3. The molecule has 1 aliphatic rings. The third-order valence-electron chi connectivity index (χ3n) is 7.13. The van der Waals surface area contributed by atoms with Crippen molar-refractivity contribution in [1.29, 1.82) is 0 Å². The summed E-state index contributed by atoms with van der Waals surface area (Å²) in [7, 11) is 4.76. The normalized spacial score (nSPS) is 15.4. The maximum absolute atomic E-state index is 13.6. The zero-order valence-corrected chi connectivity index (χ0v) is 20.2. The van der Waals surface area contributed by atoms with E-state index in [4.69, 9.17) is 9.47 Å². The van der Waals surface area contributed by atoms with E-state index in [0.29, 0.717) is 46.8 Å². The fraction of sp³-hybridized carbons (Fsp3) is 0.214. The predicted molar refractivity (Wildman–Crippen MR) is 138 cm³/mol. The van der Waals surface area contributed by atoms with E-state index in [0.717, 1.165) is 20.9 Å². The van der Waals surface area contributed by atoms with Crippen LogP contribution in [0.15, 0.2) is 70.3 Å². The zero-order chi connectivity index (χ0) is 25.1. The molecule has 0 radical (unpaired) electrons. The van der Waals surface area contributed by atoms with Gasteiger partial charge in [-0.3, -0.25) is 13.9 Å². The molecule has 36 heavy (non-hydrogen) atoms. The van der Waals surface area contributed by atoms with Gasteiger partial charge in [-0.25, -0.2) is 4.79 Å². The molecule has 0 amide bonds. The van der Waals surface area contributed by atoms with Crippen molar-refractivity contribution in [3.05, 3.63) is 92.8 Å². The Morgan fingerprint density at radius 2 is 1.72 bits per heavy atom. The summed E-state index contributed by atoms with van der Waals surface area (Å²) in [6.07, 6.45) is -0.683. The van der Waals surface area contributed by atoms with Crippen LogP contribution in [-0.4, -0.2) is 32.5 Å². The number of fused-ring (bicyclic) bond motifs is 4. The highest BCUT2D eigenvalue weighted by Gasteiger charge is 2.35. The molecule has 0 aliphatic carbocycles. The van der Waals surface area contributed by atoms with Crippen LogP contribution in [0.2, 0.25) is 0 Å². The Morgan fingerprint density at radius 3 is 2.47 bits per heavy atom. The van der Waals surface area contributed by atoms with Gasteiger partial charge in [-0.1, -0.05) is 30.3 Å². The van der Waals surface area contributed by atoms with Gasteiger partial charge < -0.3 is 19.1 Å². The highest BCUT2D eigenvalue weighted by Crippen LogP contribution is 2.45. The monoisotopic (exact) mass is 483 g/mol. The van der Waals surface area contributed by atoms with E-state index in [1.165, 1.54) is 11.6 Å². The number of ether oxygens (including phenoxy) is 2. The third-order valence-corrected chi connectivity index (χ3v) is 7.13. The smallest absolute Gasteiger partial charge is 0.331 e.